The van der Waals surface area contributed by atoms with Gasteiger partial charge in [-0.15, -0.1) is 11.3 Å². The lowest BCUT2D eigenvalue weighted by molar-refractivity contribution is 0.101. The number of carbonyl (C=O) groups excluding carboxylic acids is 2. The van der Waals surface area contributed by atoms with Crippen molar-refractivity contribution in [2.75, 3.05) is 5.32 Å². The summed E-state index contributed by atoms with van der Waals surface area (Å²) in [6.45, 7) is 3.34. The highest BCUT2D eigenvalue weighted by molar-refractivity contribution is 7.13. The lowest BCUT2D eigenvalue weighted by atomic mass is 10.2. The molecule has 2 aromatic rings. The summed E-state index contributed by atoms with van der Waals surface area (Å²) < 4.78 is 1.63. The van der Waals surface area contributed by atoms with Crippen molar-refractivity contribution in [2.24, 2.45) is 7.05 Å². The number of carbonyl (C=O) groups is 2. The van der Waals surface area contributed by atoms with Gasteiger partial charge in [0.2, 0.25) is 0 Å². The van der Waals surface area contributed by atoms with Gasteiger partial charge in [-0.1, -0.05) is 0 Å². The van der Waals surface area contributed by atoms with Crippen molar-refractivity contribution >= 4 is 28.2 Å². The fourth-order valence-corrected chi connectivity index (χ4v) is 2.24. The van der Waals surface area contributed by atoms with E-state index < -0.39 is 0 Å². The zero-order chi connectivity index (χ0) is 13.3. The predicted molar refractivity (Wildman–Crippen MR) is 70.2 cm³/mol. The average molecular weight is 263 g/mol. The van der Waals surface area contributed by atoms with Crippen LogP contribution in [0.1, 0.15) is 33.5 Å². The smallest absolute Gasteiger partial charge is 0.274 e. The van der Waals surface area contributed by atoms with Crippen molar-refractivity contribution in [1.29, 1.82) is 0 Å². The van der Waals surface area contributed by atoms with E-state index in [1.807, 2.05) is 12.3 Å². The molecule has 2 rings (SSSR count). The van der Waals surface area contributed by atoms with E-state index in [1.165, 1.54) is 18.3 Å². The Morgan fingerprint density at radius 3 is 2.67 bits per heavy atom. The Kier molecular flexibility index (Phi) is 3.29. The number of thiazole rings is 1. The Labute approximate surface area is 108 Å². The van der Waals surface area contributed by atoms with Gasteiger partial charge in [-0.25, -0.2) is 4.98 Å². The van der Waals surface area contributed by atoms with E-state index in [9.17, 15) is 9.59 Å². The molecule has 0 saturated carbocycles. The third kappa shape index (κ3) is 2.48. The largest absolute Gasteiger partial charge is 0.346 e. The number of hydrogen-bond donors (Lipinski definition) is 1. The van der Waals surface area contributed by atoms with Gasteiger partial charge in [0.1, 0.15) is 5.69 Å². The molecule has 0 unspecified atom stereocenters. The van der Waals surface area contributed by atoms with Crippen LogP contribution in [0.4, 0.5) is 5.13 Å². The first kappa shape index (κ1) is 12.5. The molecule has 0 spiro atoms. The second-order valence-electron chi connectivity index (χ2n) is 4.03. The summed E-state index contributed by atoms with van der Waals surface area (Å²) in [5.74, 6) is -0.325. The molecule has 0 radical (unpaired) electrons. The molecule has 6 heteroatoms. The molecule has 0 aromatic carbocycles. The molecule has 5 nitrogen and oxygen atoms in total. The van der Waals surface area contributed by atoms with Gasteiger partial charge in [0.05, 0.1) is 5.69 Å². The van der Waals surface area contributed by atoms with Crippen molar-refractivity contribution in [2.45, 2.75) is 13.8 Å². The number of Topliss-reactive ketones (excluding diaryl/α,β-unsaturated/α-hetero) is 1. The first-order chi connectivity index (χ1) is 8.47. The van der Waals surface area contributed by atoms with E-state index in [0.717, 1.165) is 5.69 Å². The maximum Gasteiger partial charge on any atom is 0.274 e. The highest BCUT2D eigenvalue weighted by Gasteiger charge is 2.14. The maximum absolute atomic E-state index is 12.0. The molecule has 0 atom stereocenters. The summed E-state index contributed by atoms with van der Waals surface area (Å²) in [6, 6.07) is 1.58. The number of nitrogens with one attached hydrogen (secondary N) is 1. The number of anilines is 1. The Morgan fingerprint density at radius 2 is 2.17 bits per heavy atom. The summed E-state index contributed by atoms with van der Waals surface area (Å²) in [6.07, 6.45) is 1.64. The van der Waals surface area contributed by atoms with Crippen LogP contribution < -0.4 is 5.32 Å². The number of hydrogen-bond acceptors (Lipinski definition) is 4. The Morgan fingerprint density at radius 1 is 1.44 bits per heavy atom. The van der Waals surface area contributed by atoms with Gasteiger partial charge in [-0.3, -0.25) is 14.9 Å². The minimum atomic E-state index is -0.264. The van der Waals surface area contributed by atoms with Crippen LogP contribution in [0.3, 0.4) is 0 Å². The summed E-state index contributed by atoms with van der Waals surface area (Å²) in [5.41, 5.74) is 1.83. The highest BCUT2D eigenvalue weighted by atomic mass is 32.1. The number of nitrogens with zero attached hydrogens (tertiary/aromatic N) is 2. The molecule has 0 aliphatic heterocycles. The van der Waals surface area contributed by atoms with Gasteiger partial charge >= 0.3 is 0 Å². The van der Waals surface area contributed by atoms with E-state index >= 15 is 0 Å². The van der Waals surface area contributed by atoms with Crippen LogP contribution in [0.5, 0.6) is 0 Å². The molecule has 1 amide bonds. The van der Waals surface area contributed by atoms with Crippen LogP contribution >= 0.6 is 11.3 Å². The molecule has 0 bridgehead atoms. The van der Waals surface area contributed by atoms with Crippen molar-refractivity contribution in [3.63, 3.8) is 0 Å². The summed E-state index contributed by atoms with van der Waals surface area (Å²) in [7, 11) is 1.73. The van der Waals surface area contributed by atoms with Gasteiger partial charge in [0.15, 0.2) is 10.9 Å². The number of aromatic nitrogens is 2. The first-order valence-electron chi connectivity index (χ1n) is 5.38. The quantitative estimate of drug-likeness (QED) is 0.864. The SMILES string of the molecule is CC(=O)c1cc(C(=O)Nc2nc(C)cs2)n(C)c1. The van der Waals surface area contributed by atoms with E-state index in [0.29, 0.717) is 16.4 Å². The van der Waals surface area contributed by atoms with Crippen LogP contribution in [0.25, 0.3) is 0 Å². The van der Waals surface area contributed by atoms with Crippen LogP contribution in [0.2, 0.25) is 0 Å². The third-order valence-electron chi connectivity index (χ3n) is 2.48. The number of rotatable bonds is 3. The fraction of sp³-hybridized carbons (Fsp3) is 0.250. The molecule has 0 aliphatic carbocycles. The zero-order valence-electron chi connectivity index (χ0n) is 10.4. The average Bonchev–Trinajstić information content (AvgIpc) is 2.85. The van der Waals surface area contributed by atoms with Gasteiger partial charge in [0, 0.05) is 24.2 Å². The van der Waals surface area contributed by atoms with Crippen molar-refractivity contribution in [3.8, 4) is 0 Å². The Hall–Kier alpha value is -1.95. The maximum atomic E-state index is 12.0. The molecule has 2 heterocycles. The highest BCUT2D eigenvalue weighted by Crippen LogP contribution is 2.16. The van der Waals surface area contributed by atoms with Crippen molar-refractivity contribution < 1.29 is 9.59 Å². The third-order valence-corrected chi connectivity index (χ3v) is 3.36. The minimum absolute atomic E-state index is 0.0604. The van der Waals surface area contributed by atoms with Crippen molar-refractivity contribution in [3.05, 3.63) is 34.6 Å². The van der Waals surface area contributed by atoms with Crippen LogP contribution in [0.15, 0.2) is 17.6 Å². The molecule has 0 aliphatic rings. The van der Waals surface area contributed by atoms with E-state index in [4.69, 9.17) is 0 Å². The monoisotopic (exact) mass is 263 g/mol. The van der Waals surface area contributed by atoms with Gasteiger partial charge in [-0.2, -0.15) is 0 Å². The topological polar surface area (TPSA) is 64.0 Å². The van der Waals surface area contributed by atoms with Crippen LogP contribution in [0, 0.1) is 6.92 Å². The fourth-order valence-electron chi connectivity index (χ4n) is 1.56. The Balaban J connectivity index is 2.21. The standard InChI is InChI=1S/C12H13N3O2S/c1-7-6-18-12(13-7)14-11(17)10-4-9(8(2)16)5-15(10)3/h4-6H,1-3H3,(H,13,14,17). The molecule has 2 aromatic heterocycles. The normalized spacial score (nSPS) is 10.4. The van der Waals surface area contributed by atoms with Gasteiger partial charge in [-0.05, 0) is 19.9 Å². The number of amides is 1. The molecule has 1 N–H and O–H groups in total. The lowest BCUT2D eigenvalue weighted by Crippen LogP contribution is -2.15. The molecule has 0 saturated heterocycles. The van der Waals surface area contributed by atoms with Gasteiger partial charge < -0.3 is 4.57 Å². The van der Waals surface area contributed by atoms with E-state index in [2.05, 4.69) is 10.3 Å². The van der Waals surface area contributed by atoms with Crippen LogP contribution in [-0.2, 0) is 7.05 Å². The summed E-state index contributed by atoms with van der Waals surface area (Å²) >= 11 is 1.37. The molecule has 94 valence electrons. The molecule has 18 heavy (non-hydrogen) atoms. The molecular weight excluding hydrogens is 250 g/mol. The van der Waals surface area contributed by atoms with E-state index in [1.54, 1.807) is 23.9 Å². The minimum Gasteiger partial charge on any atom is -0.346 e. The molecular formula is C12H13N3O2S. The molecule has 0 fully saturated rings. The first-order valence-corrected chi connectivity index (χ1v) is 6.26. The second kappa shape index (κ2) is 4.73. The van der Waals surface area contributed by atoms with E-state index in [-0.39, 0.29) is 11.7 Å². The van der Waals surface area contributed by atoms with Gasteiger partial charge in [0.25, 0.3) is 5.91 Å². The van der Waals surface area contributed by atoms with Crippen molar-refractivity contribution in [1.82, 2.24) is 9.55 Å². The van der Waals surface area contributed by atoms with Crippen LogP contribution in [-0.4, -0.2) is 21.2 Å². The summed E-state index contributed by atoms with van der Waals surface area (Å²) in [4.78, 5) is 27.4. The number of ketones is 1. The predicted octanol–water partition coefficient (Wildman–Crippen LogP) is 2.24. The lowest BCUT2D eigenvalue weighted by Gasteiger charge is -2.02. The Bertz CT molecular complexity index is 613. The second-order valence-corrected chi connectivity index (χ2v) is 4.89. The zero-order valence-corrected chi connectivity index (χ0v) is 11.2. The summed E-state index contributed by atoms with van der Waals surface area (Å²) in [5, 5.41) is 5.13. The number of aryl methyl sites for hydroxylation is 2.